The summed E-state index contributed by atoms with van der Waals surface area (Å²) in [7, 11) is 0. The molecule has 5 nitrogen and oxygen atoms in total. The predicted molar refractivity (Wildman–Crippen MR) is 110 cm³/mol. The van der Waals surface area contributed by atoms with E-state index in [-0.39, 0.29) is 5.91 Å². The number of aryl methyl sites for hydroxylation is 5. The molecule has 0 aliphatic rings. The number of amides is 1. The highest BCUT2D eigenvalue weighted by molar-refractivity contribution is 6.03. The molecule has 2 N–H and O–H groups in total. The quantitative estimate of drug-likeness (QED) is 0.686. The minimum absolute atomic E-state index is 0.257. The molecule has 0 unspecified atom stereocenters. The van der Waals surface area contributed by atoms with E-state index in [9.17, 15) is 4.79 Å². The number of nitrogens with zero attached hydrogens (tertiary/aromatic N) is 2. The van der Waals surface area contributed by atoms with Crippen LogP contribution in [0.4, 0.5) is 17.3 Å². The highest BCUT2D eigenvalue weighted by Crippen LogP contribution is 2.19. The molecule has 0 aliphatic carbocycles. The maximum Gasteiger partial charge on any atom is 0.274 e. The molecule has 3 aromatic rings. The van der Waals surface area contributed by atoms with Crippen molar-refractivity contribution in [3.63, 3.8) is 0 Å². The van der Waals surface area contributed by atoms with Crippen molar-refractivity contribution in [2.24, 2.45) is 0 Å². The van der Waals surface area contributed by atoms with Crippen LogP contribution in [-0.2, 0) is 0 Å². The average Bonchev–Trinajstić information content (AvgIpc) is 2.56. The Labute approximate surface area is 159 Å². The van der Waals surface area contributed by atoms with Crippen LogP contribution in [0.2, 0.25) is 0 Å². The molecule has 0 atom stereocenters. The molecule has 2 aromatic carbocycles. The lowest BCUT2D eigenvalue weighted by Crippen LogP contribution is -2.15. The number of nitrogens with one attached hydrogen (secondary N) is 2. The predicted octanol–water partition coefficient (Wildman–Crippen LogP) is 5.01. The smallest absolute Gasteiger partial charge is 0.274 e. The van der Waals surface area contributed by atoms with Crippen LogP contribution in [0.1, 0.15) is 38.4 Å². The van der Waals surface area contributed by atoms with Crippen LogP contribution >= 0.6 is 0 Å². The summed E-state index contributed by atoms with van der Waals surface area (Å²) in [5, 5.41) is 6.11. The SMILES string of the molecule is Cc1cc(C)cc(Nc2nc(C)cc(C(=O)Nc3ccc(C)c(C)c3)n2)c1. The highest BCUT2D eigenvalue weighted by atomic mass is 16.1. The van der Waals surface area contributed by atoms with Gasteiger partial charge < -0.3 is 10.6 Å². The lowest BCUT2D eigenvalue weighted by molar-refractivity contribution is 0.102. The number of hydrogen-bond donors (Lipinski definition) is 2. The summed E-state index contributed by atoms with van der Waals surface area (Å²) in [4.78, 5) is 21.4. The lowest BCUT2D eigenvalue weighted by atomic mass is 10.1. The van der Waals surface area contributed by atoms with Gasteiger partial charge in [-0.2, -0.15) is 0 Å². The van der Waals surface area contributed by atoms with Gasteiger partial charge in [-0.1, -0.05) is 12.1 Å². The first kappa shape index (κ1) is 18.6. The van der Waals surface area contributed by atoms with E-state index in [4.69, 9.17) is 0 Å². The molecule has 5 heteroatoms. The minimum Gasteiger partial charge on any atom is -0.324 e. The number of anilines is 3. The Hall–Kier alpha value is -3.21. The van der Waals surface area contributed by atoms with Crippen LogP contribution in [0, 0.1) is 34.6 Å². The van der Waals surface area contributed by atoms with Gasteiger partial charge in [0.1, 0.15) is 5.69 Å². The molecule has 0 saturated heterocycles. The minimum atomic E-state index is -0.257. The molecular weight excluding hydrogens is 336 g/mol. The van der Waals surface area contributed by atoms with E-state index in [1.165, 1.54) is 5.56 Å². The van der Waals surface area contributed by atoms with Crippen LogP contribution in [0.3, 0.4) is 0 Å². The van der Waals surface area contributed by atoms with Crippen molar-refractivity contribution in [2.45, 2.75) is 34.6 Å². The molecule has 138 valence electrons. The monoisotopic (exact) mass is 360 g/mol. The average molecular weight is 360 g/mol. The number of rotatable bonds is 4. The van der Waals surface area contributed by atoms with Crippen LogP contribution < -0.4 is 10.6 Å². The molecule has 3 rings (SSSR count). The normalized spacial score (nSPS) is 10.6. The molecule has 1 amide bonds. The first-order valence-corrected chi connectivity index (χ1v) is 8.90. The third-order valence-electron chi connectivity index (χ3n) is 4.33. The van der Waals surface area contributed by atoms with Crippen molar-refractivity contribution < 1.29 is 4.79 Å². The summed E-state index contributed by atoms with van der Waals surface area (Å²) in [5.41, 5.74) is 7.32. The van der Waals surface area contributed by atoms with Crippen molar-refractivity contribution in [1.82, 2.24) is 9.97 Å². The number of carbonyl (C=O) groups excluding carboxylic acids is 1. The number of hydrogen-bond acceptors (Lipinski definition) is 4. The van der Waals surface area contributed by atoms with E-state index in [0.29, 0.717) is 11.6 Å². The maximum absolute atomic E-state index is 12.6. The molecule has 0 radical (unpaired) electrons. The topological polar surface area (TPSA) is 66.9 Å². The number of carbonyl (C=O) groups is 1. The van der Waals surface area contributed by atoms with Gasteiger partial charge in [0.15, 0.2) is 0 Å². The van der Waals surface area contributed by atoms with Crippen molar-refractivity contribution in [3.05, 3.63) is 76.1 Å². The van der Waals surface area contributed by atoms with Gasteiger partial charge in [-0.25, -0.2) is 9.97 Å². The Morgan fingerprint density at radius 1 is 0.778 bits per heavy atom. The molecular formula is C22H24N4O. The Bertz CT molecular complexity index is 991. The zero-order chi connectivity index (χ0) is 19.6. The van der Waals surface area contributed by atoms with E-state index in [1.54, 1.807) is 6.07 Å². The van der Waals surface area contributed by atoms with Gasteiger partial charge in [-0.3, -0.25) is 4.79 Å². The maximum atomic E-state index is 12.6. The molecule has 27 heavy (non-hydrogen) atoms. The number of aromatic nitrogens is 2. The van der Waals surface area contributed by atoms with E-state index in [1.807, 2.05) is 65.0 Å². The van der Waals surface area contributed by atoms with Crippen LogP contribution in [0.25, 0.3) is 0 Å². The highest BCUT2D eigenvalue weighted by Gasteiger charge is 2.12. The summed E-state index contributed by atoms with van der Waals surface area (Å²) < 4.78 is 0. The standard InChI is InChI=1S/C22H24N4O/c1-13-8-14(2)10-19(9-13)25-22-23-17(5)12-20(26-22)21(27)24-18-7-6-15(3)16(4)11-18/h6-12H,1-5H3,(H,24,27)(H,23,25,26). The van der Waals surface area contributed by atoms with Crippen molar-refractivity contribution >= 4 is 23.2 Å². The second-order valence-electron chi connectivity index (χ2n) is 6.97. The summed E-state index contributed by atoms with van der Waals surface area (Å²) >= 11 is 0. The van der Waals surface area contributed by atoms with E-state index >= 15 is 0 Å². The Kier molecular flexibility index (Phi) is 5.21. The third kappa shape index (κ3) is 4.70. The largest absolute Gasteiger partial charge is 0.324 e. The van der Waals surface area contributed by atoms with Crippen molar-refractivity contribution in [2.75, 3.05) is 10.6 Å². The molecule has 1 heterocycles. The Morgan fingerprint density at radius 3 is 2.15 bits per heavy atom. The van der Waals surface area contributed by atoms with Crippen LogP contribution in [-0.4, -0.2) is 15.9 Å². The Balaban J connectivity index is 1.83. The molecule has 0 fully saturated rings. The van der Waals surface area contributed by atoms with E-state index in [2.05, 4.69) is 26.7 Å². The molecule has 0 saturated carbocycles. The van der Waals surface area contributed by atoms with Crippen LogP contribution in [0.5, 0.6) is 0 Å². The summed E-state index contributed by atoms with van der Waals surface area (Å²) in [6.07, 6.45) is 0. The van der Waals surface area contributed by atoms with Gasteiger partial charge in [0.05, 0.1) is 0 Å². The fourth-order valence-corrected chi connectivity index (χ4v) is 2.93. The molecule has 1 aromatic heterocycles. The van der Waals surface area contributed by atoms with Crippen molar-refractivity contribution in [1.29, 1.82) is 0 Å². The first-order chi connectivity index (χ1) is 12.8. The second-order valence-corrected chi connectivity index (χ2v) is 6.97. The van der Waals surface area contributed by atoms with Gasteiger partial charge in [-0.15, -0.1) is 0 Å². The zero-order valence-corrected chi connectivity index (χ0v) is 16.3. The van der Waals surface area contributed by atoms with Gasteiger partial charge in [0, 0.05) is 17.1 Å². The lowest BCUT2D eigenvalue weighted by Gasteiger charge is -2.11. The summed E-state index contributed by atoms with van der Waals surface area (Å²) in [6.45, 7) is 9.99. The third-order valence-corrected chi connectivity index (χ3v) is 4.33. The number of benzene rings is 2. The molecule has 0 bridgehead atoms. The summed E-state index contributed by atoms with van der Waals surface area (Å²) in [5.74, 6) is 0.150. The van der Waals surface area contributed by atoms with E-state index in [0.717, 1.165) is 33.8 Å². The summed E-state index contributed by atoms with van der Waals surface area (Å²) in [6, 6.07) is 13.7. The van der Waals surface area contributed by atoms with Gasteiger partial charge in [0.2, 0.25) is 5.95 Å². The van der Waals surface area contributed by atoms with E-state index < -0.39 is 0 Å². The van der Waals surface area contributed by atoms with Gasteiger partial charge in [0.25, 0.3) is 5.91 Å². The Morgan fingerprint density at radius 2 is 1.48 bits per heavy atom. The van der Waals surface area contributed by atoms with Crippen LogP contribution in [0.15, 0.2) is 42.5 Å². The fourth-order valence-electron chi connectivity index (χ4n) is 2.93. The fraction of sp³-hybridized carbons (Fsp3) is 0.227. The van der Waals surface area contributed by atoms with Gasteiger partial charge in [-0.05, 0) is 87.2 Å². The first-order valence-electron chi connectivity index (χ1n) is 8.90. The zero-order valence-electron chi connectivity index (χ0n) is 16.3. The van der Waals surface area contributed by atoms with Crippen molar-refractivity contribution in [3.8, 4) is 0 Å². The molecule has 0 aliphatic heterocycles. The second kappa shape index (κ2) is 7.58. The molecule has 0 spiro atoms. The van der Waals surface area contributed by atoms with Gasteiger partial charge >= 0.3 is 0 Å².